The third-order valence-electron chi connectivity index (χ3n) is 3.58. The molecule has 0 aliphatic heterocycles. The number of rotatable bonds is 5. The van der Waals surface area contributed by atoms with Gasteiger partial charge in [-0.2, -0.15) is 0 Å². The van der Waals surface area contributed by atoms with Crippen molar-refractivity contribution in [1.29, 1.82) is 0 Å². The fourth-order valence-electron chi connectivity index (χ4n) is 2.43. The molecule has 17 heavy (non-hydrogen) atoms. The van der Waals surface area contributed by atoms with Crippen molar-refractivity contribution in [3.63, 3.8) is 0 Å². The second-order valence-electron chi connectivity index (χ2n) is 5.11. The molecule has 92 valence electrons. The standard InChI is InChI=1S/C16H23N/c1-13-7-8-14(2)16(11-13)12-17-10-9-15-5-3-4-6-15/h5,7-8,11,17H,3-4,6,9-10,12H2,1-2H3. The van der Waals surface area contributed by atoms with Crippen LogP contribution in [0.1, 0.15) is 42.4 Å². The van der Waals surface area contributed by atoms with Crippen molar-refractivity contribution in [2.75, 3.05) is 6.54 Å². The molecule has 1 aliphatic rings. The van der Waals surface area contributed by atoms with Crippen LogP contribution in [0.15, 0.2) is 29.8 Å². The maximum absolute atomic E-state index is 3.56. The number of hydrogen-bond acceptors (Lipinski definition) is 1. The lowest BCUT2D eigenvalue weighted by Gasteiger charge is -2.09. The Balaban J connectivity index is 1.75. The summed E-state index contributed by atoms with van der Waals surface area (Å²) >= 11 is 0. The van der Waals surface area contributed by atoms with Crippen LogP contribution >= 0.6 is 0 Å². The maximum Gasteiger partial charge on any atom is 0.0208 e. The van der Waals surface area contributed by atoms with E-state index in [0.29, 0.717) is 0 Å². The first-order valence-electron chi connectivity index (χ1n) is 6.70. The van der Waals surface area contributed by atoms with Crippen LogP contribution in [0.5, 0.6) is 0 Å². The minimum Gasteiger partial charge on any atom is -0.312 e. The van der Waals surface area contributed by atoms with E-state index in [1.165, 1.54) is 42.4 Å². The highest BCUT2D eigenvalue weighted by atomic mass is 14.8. The molecule has 0 heterocycles. The zero-order chi connectivity index (χ0) is 12.1. The van der Waals surface area contributed by atoms with Gasteiger partial charge in [-0.25, -0.2) is 0 Å². The summed E-state index contributed by atoms with van der Waals surface area (Å²) < 4.78 is 0. The van der Waals surface area contributed by atoms with Crippen LogP contribution in [0.25, 0.3) is 0 Å². The second-order valence-corrected chi connectivity index (χ2v) is 5.11. The molecule has 0 amide bonds. The first-order valence-corrected chi connectivity index (χ1v) is 6.70. The van der Waals surface area contributed by atoms with Gasteiger partial charge in [0.15, 0.2) is 0 Å². The average Bonchev–Trinajstić information content (AvgIpc) is 2.82. The molecule has 0 saturated heterocycles. The summed E-state index contributed by atoms with van der Waals surface area (Å²) in [6.45, 7) is 6.46. The van der Waals surface area contributed by atoms with Crippen LogP contribution in [0.2, 0.25) is 0 Å². The third-order valence-corrected chi connectivity index (χ3v) is 3.58. The topological polar surface area (TPSA) is 12.0 Å². The highest BCUT2D eigenvalue weighted by molar-refractivity contribution is 5.30. The summed E-state index contributed by atoms with van der Waals surface area (Å²) in [5, 5.41) is 3.56. The third kappa shape index (κ3) is 3.71. The Hall–Kier alpha value is -1.08. The summed E-state index contributed by atoms with van der Waals surface area (Å²) in [5.41, 5.74) is 5.83. The SMILES string of the molecule is Cc1ccc(C)c(CNCCC2=CCCC2)c1. The molecular formula is C16H23N. The maximum atomic E-state index is 3.56. The van der Waals surface area contributed by atoms with Crippen molar-refractivity contribution in [3.05, 3.63) is 46.5 Å². The van der Waals surface area contributed by atoms with Gasteiger partial charge in [0.2, 0.25) is 0 Å². The summed E-state index contributed by atoms with van der Waals surface area (Å²) in [4.78, 5) is 0. The summed E-state index contributed by atoms with van der Waals surface area (Å²) in [6.07, 6.45) is 7.63. The molecule has 0 fully saturated rings. The number of nitrogens with one attached hydrogen (secondary N) is 1. The van der Waals surface area contributed by atoms with Gasteiger partial charge >= 0.3 is 0 Å². The summed E-state index contributed by atoms with van der Waals surface area (Å²) in [7, 11) is 0. The molecule has 0 unspecified atom stereocenters. The van der Waals surface area contributed by atoms with Gasteiger partial charge in [0, 0.05) is 6.54 Å². The van der Waals surface area contributed by atoms with Crippen molar-refractivity contribution in [2.45, 2.75) is 46.1 Å². The number of aryl methyl sites for hydroxylation is 2. The Morgan fingerprint density at radius 2 is 2.12 bits per heavy atom. The zero-order valence-electron chi connectivity index (χ0n) is 11.1. The molecule has 1 aliphatic carbocycles. The van der Waals surface area contributed by atoms with Crippen LogP contribution in [0, 0.1) is 13.8 Å². The van der Waals surface area contributed by atoms with E-state index in [1.54, 1.807) is 5.57 Å². The van der Waals surface area contributed by atoms with Gasteiger partial charge in [-0.05, 0) is 57.2 Å². The lowest BCUT2D eigenvalue weighted by Crippen LogP contribution is -2.15. The molecule has 1 nitrogen and oxygen atoms in total. The average molecular weight is 229 g/mol. The molecule has 0 bridgehead atoms. The molecule has 1 aromatic carbocycles. The smallest absolute Gasteiger partial charge is 0.0208 e. The molecular weight excluding hydrogens is 206 g/mol. The Morgan fingerprint density at radius 3 is 2.88 bits per heavy atom. The van der Waals surface area contributed by atoms with Crippen molar-refractivity contribution < 1.29 is 0 Å². The van der Waals surface area contributed by atoms with Crippen molar-refractivity contribution in [1.82, 2.24) is 5.32 Å². The molecule has 1 heteroatoms. The van der Waals surface area contributed by atoms with Gasteiger partial charge in [0.1, 0.15) is 0 Å². The molecule has 2 rings (SSSR count). The minimum atomic E-state index is 1.00. The highest BCUT2D eigenvalue weighted by Gasteiger charge is 2.04. The quantitative estimate of drug-likeness (QED) is 0.596. The van der Waals surface area contributed by atoms with E-state index in [1.807, 2.05) is 0 Å². The minimum absolute atomic E-state index is 1.00. The van der Waals surface area contributed by atoms with E-state index in [2.05, 4.69) is 43.4 Å². The van der Waals surface area contributed by atoms with E-state index >= 15 is 0 Å². The largest absolute Gasteiger partial charge is 0.312 e. The monoisotopic (exact) mass is 229 g/mol. The van der Waals surface area contributed by atoms with Crippen LogP contribution in [0.4, 0.5) is 0 Å². The Kier molecular flexibility index (Phi) is 4.38. The van der Waals surface area contributed by atoms with Crippen LogP contribution in [0.3, 0.4) is 0 Å². The van der Waals surface area contributed by atoms with E-state index in [4.69, 9.17) is 0 Å². The zero-order valence-corrected chi connectivity index (χ0v) is 11.1. The summed E-state index contributed by atoms with van der Waals surface area (Å²) in [5.74, 6) is 0. The van der Waals surface area contributed by atoms with E-state index < -0.39 is 0 Å². The predicted molar refractivity (Wildman–Crippen MR) is 74.2 cm³/mol. The molecule has 0 spiro atoms. The molecule has 0 radical (unpaired) electrons. The fraction of sp³-hybridized carbons (Fsp3) is 0.500. The van der Waals surface area contributed by atoms with Crippen molar-refractivity contribution in [2.24, 2.45) is 0 Å². The Morgan fingerprint density at radius 1 is 1.24 bits per heavy atom. The number of allylic oxidation sites excluding steroid dienone is 1. The Labute approximate surface area is 105 Å². The Bertz CT molecular complexity index is 404. The van der Waals surface area contributed by atoms with E-state index in [-0.39, 0.29) is 0 Å². The molecule has 0 aromatic heterocycles. The van der Waals surface area contributed by atoms with Crippen molar-refractivity contribution >= 4 is 0 Å². The lowest BCUT2D eigenvalue weighted by atomic mass is 10.1. The van der Waals surface area contributed by atoms with Crippen LogP contribution < -0.4 is 5.32 Å². The molecule has 1 N–H and O–H groups in total. The van der Waals surface area contributed by atoms with Gasteiger partial charge < -0.3 is 5.32 Å². The molecule has 0 saturated carbocycles. The van der Waals surface area contributed by atoms with Gasteiger partial charge in [0.25, 0.3) is 0 Å². The van der Waals surface area contributed by atoms with Gasteiger partial charge in [-0.1, -0.05) is 35.4 Å². The lowest BCUT2D eigenvalue weighted by molar-refractivity contribution is 0.673. The fourth-order valence-corrected chi connectivity index (χ4v) is 2.43. The van der Waals surface area contributed by atoms with Crippen molar-refractivity contribution in [3.8, 4) is 0 Å². The normalized spacial score (nSPS) is 15.1. The molecule has 0 atom stereocenters. The molecule has 1 aromatic rings. The number of benzene rings is 1. The van der Waals surface area contributed by atoms with Gasteiger partial charge in [-0.15, -0.1) is 0 Å². The first kappa shape index (κ1) is 12.4. The second kappa shape index (κ2) is 6.02. The van der Waals surface area contributed by atoms with Gasteiger partial charge in [0.05, 0.1) is 0 Å². The summed E-state index contributed by atoms with van der Waals surface area (Å²) in [6, 6.07) is 6.69. The van der Waals surface area contributed by atoms with Gasteiger partial charge in [-0.3, -0.25) is 0 Å². The van der Waals surface area contributed by atoms with Crippen LogP contribution in [-0.2, 0) is 6.54 Å². The number of hydrogen-bond donors (Lipinski definition) is 1. The predicted octanol–water partition coefficient (Wildman–Crippen LogP) is 3.89. The van der Waals surface area contributed by atoms with E-state index in [9.17, 15) is 0 Å². The van der Waals surface area contributed by atoms with Crippen LogP contribution in [-0.4, -0.2) is 6.54 Å². The van der Waals surface area contributed by atoms with E-state index in [0.717, 1.165) is 13.1 Å². The highest BCUT2D eigenvalue weighted by Crippen LogP contribution is 2.19. The first-order chi connectivity index (χ1) is 8.25.